The van der Waals surface area contributed by atoms with Crippen LogP contribution in [0.2, 0.25) is 0 Å². The minimum atomic E-state index is -4.17. The van der Waals surface area contributed by atoms with Crippen LogP contribution >= 0.6 is 7.82 Å². The fourth-order valence-corrected chi connectivity index (χ4v) is 3.59. The van der Waals surface area contributed by atoms with Gasteiger partial charge in [0.05, 0.1) is 18.8 Å². The van der Waals surface area contributed by atoms with Gasteiger partial charge in [0.1, 0.15) is 17.4 Å². The van der Waals surface area contributed by atoms with Crippen LogP contribution < -0.4 is 9.84 Å². The summed E-state index contributed by atoms with van der Waals surface area (Å²) in [5, 5.41) is 11.5. The summed E-state index contributed by atoms with van der Waals surface area (Å²) in [5.41, 5.74) is -0.987. The molecule has 1 aromatic carbocycles. The molecular weight excluding hydrogens is 413 g/mol. The minimum Gasteiger partial charge on any atom is -0.444 e. The van der Waals surface area contributed by atoms with Gasteiger partial charge >= 0.3 is 13.9 Å². The van der Waals surface area contributed by atoms with E-state index in [2.05, 4.69) is 5.32 Å². The van der Waals surface area contributed by atoms with Gasteiger partial charge in [-0.25, -0.2) is 9.36 Å². The normalized spacial score (nSPS) is 15.1. The lowest BCUT2D eigenvalue weighted by atomic mass is 10.2. The highest BCUT2D eigenvalue weighted by atomic mass is 31.2. The molecular formula is C20H32NO8P. The lowest BCUT2D eigenvalue weighted by molar-refractivity contribution is -0.119. The first kappa shape index (κ1) is 26.1. The number of ether oxygens (including phenoxy) is 1. The summed E-state index contributed by atoms with van der Waals surface area (Å²) in [4.78, 5) is 23.9. The highest BCUT2D eigenvalue weighted by Gasteiger charge is 2.36. The fourth-order valence-electron chi connectivity index (χ4n) is 2.07. The number of hydrogen-bond donors (Lipinski definition) is 2. The van der Waals surface area contributed by atoms with Crippen molar-refractivity contribution < 1.29 is 37.6 Å². The molecule has 170 valence electrons. The highest BCUT2D eigenvalue weighted by Crippen LogP contribution is 2.52. The van der Waals surface area contributed by atoms with Gasteiger partial charge in [-0.3, -0.25) is 13.8 Å². The molecule has 0 bridgehead atoms. The van der Waals surface area contributed by atoms with E-state index < -0.39 is 43.6 Å². The Balaban J connectivity index is 2.94. The van der Waals surface area contributed by atoms with Crippen LogP contribution in [0, 0.1) is 0 Å². The Bertz CT molecular complexity index is 764. The van der Waals surface area contributed by atoms with E-state index >= 15 is 0 Å². The number of carbonyl (C=O) groups excluding carboxylic acids is 2. The molecule has 0 aliphatic heterocycles. The Kier molecular flexibility index (Phi) is 9.05. The van der Waals surface area contributed by atoms with Gasteiger partial charge in [-0.1, -0.05) is 12.1 Å². The molecule has 0 heterocycles. The van der Waals surface area contributed by atoms with E-state index in [0.717, 1.165) is 0 Å². The number of ketones is 1. The summed E-state index contributed by atoms with van der Waals surface area (Å²) in [6, 6.07) is 5.10. The number of carbonyl (C=O) groups is 2. The summed E-state index contributed by atoms with van der Waals surface area (Å²) in [7, 11) is -4.17. The predicted octanol–water partition coefficient (Wildman–Crippen LogP) is 3.98. The van der Waals surface area contributed by atoms with Gasteiger partial charge < -0.3 is 19.7 Å². The second-order valence-corrected chi connectivity index (χ2v) is 10.2. The summed E-state index contributed by atoms with van der Waals surface area (Å²) in [6.07, 6.45) is -0.807. The summed E-state index contributed by atoms with van der Waals surface area (Å²) in [6.45, 7) is 10.7. The van der Waals surface area contributed by atoms with Crippen molar-refractivity contribution in [2.45, 2.75) is 72.3 Å². The first-order chi connectivity index (χ1) is 13.6. The predicted molar refractivity (Wildman–Crippen MR) is 111 cm³/mol. The quantitative estimate of drug-likeness (QED) is 0.548. The molecule has 9 nitrogen and oxygen atoms in total. The number of aliphatic hydroxyl groups is 1. The third kappa shape index (κ3) is 10.2. The van der Waals surface area contributed by atoms with E-state index in [1.165, 1.54) is 19.1 Å². The van der Waals surface area contributed by atoms with Gasteiger partial charge in [-0.15, -0.1) is 0 Å². The molecule has 0 aromatic heterocycles. The van der Waals surface area contributed by atoms with E-state index in [9.17, 15) is 14.2 Å². The van der Waals surface area contributed by atoms with Crippen molar-refractivity contribution in [3.8, 4) is 5.75 Å². The van der Waals surface area contributed by atoms with Gasteiger partial charge in [0.15, 0.2) is 5.78 Å². The molecule has 0 aliphatic rings. The molecule has 1 aromatic rings. The molecule has 0 aliphatic carbocycles. The number of benzene rings is 1. The van der Waals surface area contributed by atoms with E-state index in [-0.39, 0.29) is 12.4 Å². The zero-order valence-corrected chi connectivity index (χ0v) is 19.4. The van der Waals surface area contributed by atoms with Gasteiger partial charge in [0.25, 0.3) is 0 Å². The molecule has 1 unspecified atom stereocenters. The highest BCUT2D eigenvalue weighted by molar-refractivity contribution is 7.49. The SMILES string of the molecule is CC(=O)[C@H](COP(=O)(Oc1ccc(CO)cc1)OC(C)(C)C)NC(=O)OC(C)(C)C. The van der Waals surface area contributed by atoms with E-state index in [1.54, 1.807) is 53.7 Å². The van der Waals surface area contributed by atoms with Crippen molar-refractivity contribution in [1.82, 2.24) is 5.32 Å². The molecule has 0 fully saturated rings. The standard InChI is InChI=1S/C20H32NO8P/c1-14(23)17(21-18(24)27-19(2,3)4)13-26-30(25,29-20(5,6)7)28-16-10-8-15(12-22)9-11-16/h8-11,17,22H,12-13H2,1-7H3,(H,21,24)/t17-,30?/m0/s1. The number of phosphoric acid groups is 1. The molecule has 0 saturated heterocycles. The van der Waals surface area contributed by atoms with Gasteiger partial charge in [-0.2, -0.15) is 0 Å². The van der Waals surface area contributed by atoms with Crippen molar-refractivity contribution in [1.29, 1.82) is 0 Å². The topological polar surface area (TPSA) is 120 Å². The number of amides is 1. The molecule has 30 heavy (non-hydrogen) atoms. The molecule has 1 amide bonds. The molecule has 0 spiro atoms. The van der Waals surface area contributed by atoms with Crippen LogP contribution in [-0.2, 0) is 29.8 Å². The minimum absolute atomic E-state index is 0.149. The first-order valence-corrected chi connectivity index (χ1v) is 10.9. The van der Waals surface area contributed by atoms with Gasteiger partial charge in [0.2, 0.25) is 0 Å². The van der Waals surface area contributed by atoms with Crippen molar-refractivity contribution in [3.05, 3.63) is 29.8 Å². The fraction of sp³-hybridized carbons (Fsp3) is 0.600. The van der Waals surface area contributed by atoms with E-state index in [4.69, 9.17) is 23.4 Å². The summed E-state index contributed by atoms with van der Waals surface area (Å²) in [5.74, 6) is -0.227. The van der Waals surface area contributed by atoms with Crippen LogP contribution in [-0.4, -0.2) is 40.8 Å². The maximum atomic E-state index is 13.2. The number of rotatable bonds is 9. The van der Waals surface area contributed by atoms with Crippen molar-refractivity contribution in [2.75, 3.05) is 6.61 Å². The number of aliphatic hydroxyl groups excluding tert-OH is 1. The van der Waals surface area contributed by atoms with E-state index in [1.807, 2.05) is 0 Å². The Labute approximate surface area is 177 Å². The zero-order valence-electron chi connectivity index (χ0n) is 18.6. The Morgan fingerprint density at radius 1 is 1.07 bits per heavy atom. The maximum absolute atomic E-state index is 13.2. The first-order valence-electron chi connectivity index (χ1n) is 9.47. The second-order valence-electron chi connectivity index (χ2n) is 8.65. The van der Waals surface area contributed by atoms with Gasteiger partial charge in [0, 0.05) is 0 Å². The van der Waals surface area contributed by atoms with Crippen LogP contribution in [0.5, 0.6) is 5.75 Å². The third-order valence-electron chi connectivity index (χ3n) is 3.29. The molecule has 1 rings (SSSR count). The van der Waals surface area contributed by atoms with Crippen LogP contribution in [0.15, 0.2) is 24.3 Å². The van der Waals surface area contributed by atoms with Crippen molar-refractivity contribution in [2.24, 2.45) is 0 Å². The largest absolute Gasteiger partial charge is 0.530 e. The number of Topliss-reactive ketones (excluding diaryl/α,β-unsaturated/α-hetero) is 1. The Hall–Kier alpha value is -1.93. The van der Waals surface area contributed by atoms with Crippen LogP contribution in [0.25, 0.3) is 0 Å². The van der Waals surface area contributed by atoms with Crippen LogP contribution in [0.1, 0.15) is 54.0 Å². The lowest BCUT2D eigenvalue weighted by Gasteiger charge is -2.28. The average molecular weight is 445 g/mol. The molecule has 0 saturated carbocycles. The number of alkyl carbamates (subject to hydrolysis) is 1. The molecule has 0 radical (unpaired) electrons. The molecule has 2 atom stereocenters. The van der Waals surface area contributed by atoms with Crippen molar-refractivity contribution >= 4 is 19.7 Å². The van der Waals surface area contributed by atoms with E-state index in [0.29, 0.717) is 5.56 Å². The average Bonchev–Trinajstić information content (AvgIpc) is 2.55. The lowest BCUT2D eigenvalue weighted by Crippen LogP contribution is -2.45. The zero-order chi connectivity index (χ0) is 23.2. The summed E-state index contributed by atoms with van der Waals surface area (Å²) >= 11 is 0. The van der Waals surface area contributed by atoms with Crippen LogP contribution in [0.4, 0.5) is 4.79 Å². The molecule has 10 heteroatoms. The third-order valence-corrected chi connectivity index (χ3v) is 4.96. The Morgan fingerprint density at radius 2 is 1.63 bits per heavy atom. The number of nitrogens with one attached hydrogen (secondary N) is 1. The smallest absolute Gasteiger partial charge is 0.444 e. The summed E-state index contributed by atoms with van der Waals surface area (Å²) < 4.78 is 34.7. The van der Waals surface area contributed by atoms with Gasteiger partial charge in [-0.05, 0) is 66.2 Å². The van der Waals surface area contributed by atoms with Crippen LogP contribution in [0.3, 0.4) is 0 Å². The number of hydrogen-bond acceptors (Lipinski definition) is 8. The Morgan fingerprint density at radius 3 is 2.07 bits per heavy atom. The number of phosphoric ester groups is 1. The van der Waals surface area contributed by atoms with Crippen molar-refractivity contribution in [3.63, 3.8) is 0 Å². The monoisotopic (exact) mass is 445 g/mol. The molecule has 2 N–H and O–H groups in total. The maximum Gasteiger partial charge on any atom is 0.530 e. The second kappa shape index (κ2) is 10.4.